The van der Waals surface area contributed by atoms with Crippen molar-refractivity contribution in [1.82, 2.24) is 4.98 Å². The van der Waals surface area contributed by atoms with Gasteiger partial charge in [0.15, 0.2) is 0 Å². The second kappa shape index (κ2) is 4.76. The molecule has 16 heavy (non-hydrogen) atoms. The third kappa shape index (κ3) is 1.90. The zero-order valence-electron chi connectivity index (χ0n) is 9.40. The van der Waals surface area contributed by atoms with Gasteiger partial charge in [0.2, 0.25) is 0 Å². The van der Waals surface area contributed by atoms with Crippen LogP contribution in [0, 0.1) is 11.3 Å². The minimum absolute atomic E-state index is 0.465. The molecule has 0 amide bonds. The SMILES string of the molecule is CCCc1nccc2c(CC#N)cccc12. The first-order valence-corrected chi connectivity index (χ1v) is 5.59. The highest BCUT2D eigenvalue weighted by Gasteiger charge is 2.04. The molecule has 0 saturated carbocycles. The predicted molar refractivity (Wildman–Crippen MR) is 65.1 cm³/mol. The molecule has 2 aromatic rings. The Kier molecular flexibility index (Phi) is 3.16. The van der Waals surface area contributed by atoms with Crippen LogP contribution in [0.5, 0.6) is 0 Å². The lowest BCUT2D eigenvalue weighted by molar-refractivity contribution is 0.893. The van der Waals surface area contributed by atoms with Crippen molar-refractivity contribution in [2.75, 3.05) is 0 Å². The number of aryl methyl sites for hydroxylation is 1. The molecular weight excluding hydrogens is 196 g/mol. The molecule has 1 heterocycles. The fourth-order valence-corrected chi connectivity index (χ4v) is 2.01. The molecule has 2 rings (SSSR count). The van der Waals surface area contributed by atoms with Gasteiger partial charge in [0.05, 0.1) is 12.5 Å². The van der Waals surface area contributed by atoms with Gasteiger partial charge in [-0.25, -0.2) is 0 Å². The summed E-state index contributed by atoms with van der Waals surface area (Å²) in [6.07, 6.45) is 4.39. The number of nitriles is 1. The van der Waals surface area contributed by atoms with E-state index in [0.29, 0.717) is 6.42 Å². The lowest BCUT2D eigenvalue weighted by atomic mass is 10.0. The summed E-state index contributed by atoms with van der Waals surface area (Å²) in [6.45, 7) is 2.15. The van der Waals surface area contributed by atoms with E-state index in [1.165, 1.54) is 10.8 Å². The zero-order valence-corrected chi connectivity index (χ0v) is 9.40. The van der Waals surface area contributed by atoms with Crippen LogP contribution in [0.25, 0.3) is 10.8 Å². The molecule has 1 aromatic carbocycles. The van der Waals surface area contributed by atoms with E-state index in [4.69, 9.17) is 5.26 Å². The molecule has 0 bridgehead atoms. The molecule has 0 atom stereocenters. The average molecular weight is 210 g/mol. The third-order valence-corrected chi connectivity index (χ3v) is 2.74. The van der Waals surface area contributed by atoms with Crippen molar-refractivity contribution in [2.24, 2.45) is 0 Å². The third-order valence-electron chi connectivity index (χ3n) is 2.74. The second-order valence-electron chi connectivity index (χ2n) is 3.85. The van der Waals surface area contributed by atoms with E-state index in [9.17, 15) is 0 Å². The highest BCUT2D eigenvalue weighted by atomic mass is 14.7. The Morgan fingerprint density at radius 1 is 1.25 bits per heavy atom. The van der Waals surface area contributed by atoms with E-state index in [-0.39, 0.29) is 0 Å². The van der Waals surface area contributed by atoms with Gasteiger partial charge in [-0.1, -0.05) is 31.5 Å². The van der Waals surface area contributed by atoms with E-state index >= 15 is 0 Å². The van der Waals surface area contributed by atoms with Crippen LogP contribution in [-0.2, 0) is 12.8 Å². The number of nitrogens with zero attached hydrogens (tertiary/aromatic N) is 2. The smallest absolute Gasteiger partial charge is 0.0669 e. The van der Waals surface area contributed by atoms with Gasteiger partial charge in [-0.15, -0.1) is 0 Å². The van der Waals surface area contributed by atoms with Crippen molar-refractivity contribution in [1.29, 1.82) is 5.26 Å². The average Bonchev–Trinajstić information content (AvgIpc) is 2.31. The molecule has 0 aliphatic rings. The summed E-state index contributed by atoms with van der Waals surface area (Å²) in [5, 5.41) is 11.1. The number of hydrogen-bond donors (Lipinski definition) is 0. The van der Waals surface area contributed by atoms with Crippen molar-refractivity contribution >= 4 is 10.8 Å². The molecular formula is C14H14N2. The minimum Gasteiger partial charge on any atom is -0.261 e. The summed E-state index contributed by atoms with van der Waals surface area (Å²) < 4.78 is 0. The van der Waals surface area contributed by atoms with Crippen LogP contribution in [0.4, 0.5) is 0 Å². The van der Waals surface area contributed by atoms with Gasteiger partial charge in [0.25, 0.3) is 0 Å². The molecule has 0 unspecified atom stereocenters. The quantitative estimate of drug-likeness (QED) is 0.779. The first-order valence-electron chi connectivity index (χ1n) is 5.59. The van der Waals surface area contributed by atoms with Crippen molar-refractivity contribution in [2.45, 2.75) is 26.2 Å². The Morgan fingerprint density at radius 2 is 2.12 bits per heavy atom. The molecule has 80 valence electrons. The Labute approximate surface area is 95.6 Å². The molecule has 2 nitrogen and oxygen atoms in total. The molecule has 0 spiro atoms. The van der Waals surface area contributed by atoms with Gasteiger partial charge in [-0.05, 0) is 23.4 Å². The first-order chi connectivity index (χ1) is 7.86. The molecule has 2 heteroatoms. The van der Waals surface area contributed by atoms with Crippen molar-refractivity contribution in [3.8, 4) is 6.07 Å². The molecule has 0 aliphatic heterocycles. The van der Waals surface area contributed by atoms with Gasteiger partial charge >= 0.3 is 0 Å². The van der Waals surface area contributed by atoms with Gasteiger partial charge in [0, 0.05) is 17.3 Å². The lowest BCUT2D eigenvalue weighted by Gasteiger charge is -2.07. The van der Waals surface area contributed by atoms with Crippen LogP contribution < -0.4 is 0 Å². The molecule has 0 aliphatic carbocycles. The van der Waals surface area contributed by atoms with E-state index in [0.717, 1.165) is 24.1 Å². The van der Waals surface area contributed by atoms with Gasteiger partial charge in [0.1, 0.15) is 0 Å². The van der Waals surface area contributed by atoms with Crippen molar-refractivity contribution in [3.05, 3.63) is 41.7 Å². The van der Waals surface area contributed by atoms with E-state index < -0.39 is 0 Å². The van der Waals surface area contributed by atoms with Crippen LogP contribution in [0.15, 0.2) is 30.5 Å². The summed E-state index contributed by atoms with van der Waals surface area (Å²) in [5.74, 6) is 0. The summed E-state index contributed by atoms with van der Waals surface area (Å²) in [6, 6.07) is 10.3. The second-order valence-corrected chi connectivity index (χ2v) is 3.85. The maximum Gasteiger partial charge on any atom is 0.0669 e. The topological polar surface area (TPSA) is 36.7 Å². The largest absolute Gasteiger partial charge is 0.261 e. The maximum atomic E-state index is 8.79. The maximum absolute atomic E-state index is 8.79. The van der Waals surface area contributed by atoms with E-state index in [1.807, 2.05) is 24.4 Å². The Balaban J connectivity index is 2.62. The van der Waals surface area contributed by atoms with Crippen LogP contribution in [0.2, 0.25) is 0 Å². The van der Waals surface area contributed by atoms with E-state index in [1.54, 1.807) is 0 Å². The summed E-state index contributed by atoms with van der Waals surface area (Å²) >= 11 is 0. The lowest BCUT2D eigenvalue weighted by Crippen LogP contribution is -1.93. The number of hydrogen-bond acceptors (Lipinski definition) is 2. The van der Waals surface area contributed by atoms with Crippen molar-refractivity contribution < 1.29 is 0 Å². The van der Waals surface area contributed by atoms with Gasteiger partial charge < -0.3 is 0 Å². The molecule has 0 fully saturated rings. The van der Waals surface area contributed by atoms with Gasteiger partial charge in [-0.3, -0.25) is 4.98 Å². The van der Waals surface area contributed by atoms with Crippen molar-refractivity contribution in [3.63, 3.8) is 0 Å². The number of fused-ring (bicyclic) bond motifs is 1. The standard InChI is InChI=1S/C14H14N2/c1-2-4-14-13-6-3-5-11(7-9-15)12(13)8-10-16-14/h3,5-6,8,10H,2,4,7H2,1H3. The fourth-order valence-electron chi connectivity index (χ4n) is 2.01. The summed E-state index contributed by atoms with van der Waals surface area (Å²) in [4.78, 5) is 4.41. The number of pyridine rings is 1. The summed E-state index contributed by atoms with van der Waals surface area (Å²) in [5.41, 5.74) is 2.24. The van der Waals surface area contributed by atoms with Crippen LogP contribution in [-0.4, -0.2) is 4.98 Å². The highest BCUT2D eigenvalue weighted by Crippen LogP contribution is 2.22. The van der Waals surface area contributed by atoms with E-state index in [2.05, 4.69) is 24.0 Å². The number of benzene rings is 1. The monoisotopic (exact) mass is 210 g/mol. The number of aromatic nitrogens is 1. The van der Waals surface area contributed by atoms with Gasteiger partial charge in [-0.2, -0.15) is 5.26 Å². The Morgan fingerprint density at radius 3 is 2.88 bits per heavy atom. The number of rotatable bonds is 3. The molecule has 0 radical (unpaired) electrons. The molecule has 0 N–H and O–H groups in total. The normalized spacial score (nSPS) is 10.2. The Hall–Kier alpha value is -1.88. The predicted octanol–water partition coefficient (Wildman–Crippen LogP) is 3.25. The van der Waals surface area contributed by atoms with Crippen LogP contribution >= 0.6 is 0 Å². The zero-order chi connectivity index (χ0) is 11.4. The molecule has 1 aromatic heterocycles. The van der Waals surface area contributed by atoms with Crippen LogP contribution in [0.1, 0.15) is 24.6 Å². The van der Waals surface area contributed by atoms with Crippen LogP contribution in [0.3, 0.4) is 0 Å². The minimum atomic E-state index is 0.465. The first kappa shape index (κ1) is 10.6. The highest BCUT2D eigenvalue weighted by molar-refractivity contribution is 5.87. The fraction of sp³-hybridized carbons (Fsp3) is 0.286. The summed E-state index contributed by atoms with van der Waals surface area (Å²) in [7, 11) is 0. The Bertz CT molecular complexity index is 538. The molecule has 0 saturated heterocycles.